The van der Waals surface area contributed by atoms with Gasteiger partial charge >= 0.3 is 0 Å². The summed E-state index contributed by atoms with van der Waals surface area (Å²) in [7, 11) is 3.12. The summed E-state index contributed by atoms with van der Waals surface area (Å²) in [6, 6.07) is 3.52. The molecule has 5 rings (SSSR count). The van der Waals surface area contributed by atoms with Crippen LogP contribution in [-0.4, -0.2) is 37.3 Å². The van der Waals surface area contributed by atoms with Gasteiger partial charge in [0.25, 0.3) is 11.8 Å². The van der Waals surface area contributed by atoms with E-state index in [9.17, 15) is 9.59 Å². The highest BCUT2D eigenvalue weighted by Crippen LogP contribution is 2.73. The van der Waals surface area contributed by atoms with Crippen molar-refractivity contribution in [1.82, 2.24) is 5.01 Å². The van der Waals surface area contributed by atoms with E-state index in [2.05, 4.69) is 33.2 Å². The van der Waals surface area contributed by atoms with Gasteiger partial charge < -0.3 is 9.47 Å². The topological polar surface area (TPSA) is 68.2 Å². The number of benzene rings is 1. The molecule has 3 aliphatic carbocycles. The lowest BCUT2D eigenvalue weighted by molar-refractivity contribution is -0.141. The Labute approximate surface area is 165 Å². The summed E-state index contributed by atoms with van der Waals surface area (Å²) in [5.41, 5.74) is 0.850. The second-order valence-corrected chi connectivity index (χ2v) is 8.54. The Hall–Kier alpha value is -2.15. The highest BCUT2D eigenvalue weighted by atomic mass is 79.9. The average molecular weight is 431 g/mol. The molecule has 1 spiro atoms. The Morgan fingerprint density at radius 1 is 1.07 bits per heavy atom. The third-order valence-corrected chi connectivity index (χ3v) is 7.27. The van der Waals surface area contributed by atoms with Crippen molar-refractivity contribution in [3.8, 4) is 11.5 Å². The molecule has 27 heavy (non-hydrogen) atoms. The number of nitrogens with zero attached hydrogens (tertiary/aromatic N) is 2. The quantitative estimate of drug-likeness (QED) is 0.418. The number of fused-ring (bicyclic) bond motifs is 3. The van der Waals surface area contributed by atoms with Crippen molar-refractivity contribution < 1.29 is 19.1 Å². The van der Waals surface area contributed by atoms with Gasteiger partial charge in [0.1, 0.15) is 11.5 Å². The summed E-state index contributed by atoms with van der Waals surface area (Å²) in [5, 5.41) is 5.31. The molecule has 140 valence electrons. The Balaban J connectivity index is 1.44. The Morgan fingerprint density at radius 3 is 2.19 bits per heavy atom. The smallest absolute Gasteiger partial charge is 0.254 e. The van der Waals surface area contributed by atoms with Gasteiger partial charge in [-0.1, -0.05) is 12.2 Å². The van der Waals surface area contributed by atoms with E-state index in [1.165, 1.54) is 6.21 Å². The molecule has 0 radical (unpaired) electrons. The lowest BCUT2D eigenvalue weighted by Crippen LogP contribution is -2.30. The fourth-order valence-corrected chi connectivity index (χ4v) is 5.80. The maximum atomic E-state index is 12.9. The van der Waals surface area contributed by atoms with Gasteiger partial charge in [-0.15, -0.1) is 0 Å². The third kappa shape index (κ3) is 2.15. The van der Waals surface area contributed by atoms with E-state index >= 15 is 0 Å². The molecule has 1 heterocycles. The van der Waals surface area contributed by atoms with Gasteiger partial charge in [-0.05, 0) is 52.1 Å². The van der Waals surface area contributed by atoms with Gasteiger partial charge in [-0.3, -0.25) is 9.59 Å². The zero-order valence-electron chi connectivity index (χ0n) is 15.0. The van der Waals surface area contributed by atoms with E-state index in [1.54, 1.807) is 26.4 Å². The summed E-state index contributed by atoms with van der Waals surface area (Å²) in [4.78, 5) is 25.9. The molecule has 1 aliphatic heterocycles. The molecule has 0 aromatic heterocycles. The van der Waals surface area contributed by atoms with Gasteiger partial charge in [-0.2, -0.15) is 10.1 Å². The van der Waals surface area contributed by atoms with Crippen LogP contribution in [0.3, 0.4) is 0 Å². The van der Waals surface area contributed by atoms with Crippen molar-refractivity contribution >= 4 is 34.0 Å². The first-order valence-corrected chi connectivity index (χ1v) is 9.83. The van der Waals surface area contributed by atoms with E-state index in [0.717, 1.165) is 22.3 Å². The standard InChI is InChI=1S/C20H19BrN2O4/c1-26-14-8-15(27-2)13(21)7-10(14)9-22-23-18(24)16-11-3-4-12(17(16)19(23)25)20(11)5-6-20/h3-4,7-9,11-12,16-17H,5-6H2,1-2H3. The molecule has 0 N–H and O–H groups in total. The van der Waals surface area contributed by atoms with Crippen LogP contribution in [0.5, 0.6) is 11.5 Å². The molecule has 6 nitrogen and oxygen atoms in total. The molecule has 1 aromatic rings. The van der Waals surface area contributed by atoms with Gasteiger partial charge in [-0.25, -0.2) is 0 Å². The first-order valence-electron chi connectivity index (χ1n) is 9.03. The molecule has 1 aromatic carbocycles. The van der Waals surface area contributed by atoms with E-state index in [4.69, 9.17) is 9.47 Å². The van der Waals surface area contributed by atoms with Crippen LogP contribution in [0.25, 0.3) is 0 Å². The summed E-state index contributed by atoms with van der Waals surface area (Å²) in [6.45, 7) is 0. The zero-order valence-corrected chi connectivity index (χ0v) is 16.6. The zero-order chi connectivity index (χ0) is 18.9. The predicted molar refractivity (Wildman–Crippen MR) is 101 cm³/mol. The molecule has 2 amide bonds. The highest BCUT2D eigenvalue weighted by Gasteiger charge is 2.73. The lowest BCUT2D eigenvalue weighted by atomic mass is 9.85. The minimum absolute atomic E-state index is 0.170. The van der Waals surface area contributed by atoms with E-state index in [0.29, 0.717) is 17.1 Å². The molecule has 2 bridgehead atoms. The van der Waals surface area contributed by atoms with Crippen molar-refractivity contribution in [3.63, 3.8) is 0 Å². The SMILES string of the molecule is COc1cc(OC)c(C=NN2C(=O)C3C(C2=O)C2C=CC3C23CC3)cc1Br. The van der Waals surface area contributed by atoms with Crippen LogP contribution in [0.2, 0.25) is 0 Å². The molecule has 3 fully saturated rings. The fourth-order valence-electron chi connectivity index (χ4n) is 5.28. The van der Waals surface area contributed by atoms with Gasteiger partial charge in [0.05, 0.1) is 36.7 Å². The first-order chi connectivity index (χ1) is 13.0. The number of hydrazone groups is 1. The fraction of sp³-hybridized carbons (Fsp3) is 0.450. The van der Waals surface area contributed by atoms with Crippen molar-refractivity contribution in [2.24, 2.45) is 34.2 Å². The number of hydrogen-bond acceptors (Lipinski definition) is 5. The normalized spacial score (nSPS) is 32.0. The number of carbonyl (C=O) groups excluding carboxylic acids is 2. The molecule has 4 unspecified atom stereocenters. The summed E-state index contributed by atoms with van der Waals surface area (Å²) < 4.78 is 11.4. The number of ether oxygens (including phenoxy) is 2. The van der Waals surface area contributed by atoms with E-state index < -0.39 is 0 Å². The van der Waals surface area contributed by atoms with Crippen LogP contribution >= 0.6 is 15.9 Å². The van der Waals surface area contributed by atoms with Gasteiger partial charge in [0.2, 0.25) is 0 Å². The Morgan fingerprint density at radius 2 is 1.67 bits per heavy atom. The Kier molecular flexibility index (Phi) is 3.57. The van der Waals surface area contributed by atoms with Crippen LogP contribution in [0.15, 0.2) is 33.9 Å². The van der Waals surface area contributed by atoms with Crippen molar-refractivity contribution in [1.29, 1.82) is 0 Å². The molecule has 1 saturated heterocycles. The number of allylic oxidation sites excluding steroid dienone is 2. The van der Waals surface area contributed by atoms with Crippen LogP contribution in [-0.2, 0) is 9.59 Å². The predicted octanol–water partition coefficient (Wildman–Crippen LogP) is 3.00. The minimum Gasteiger partial charge on any atom is -0.496 e. The van der Waals surface area contributed by atoms with E-state index in [-0.39, 0.29) is 40.9 Å². The maximum absolute atomic E-state index is 12.9. The molecule has 4 aliphatic rings. The lowest BCUT2D eigenvalue weighted by Gasteiger charge is -2.18. The molecule has 2 saturated carbocycles. The molecular formula is C20H19BrN2O4. The summed E-state index contributed by atoms with van der Waals surface area (Å²) >= 11 is 3.43. The molecule has 4 atom stereocenters. The number of carbonyl (C=O) groups is 2. The first kappa shape index (κ1) is 17.0. The maximum Gasteiger partial charge on any atom is 0.254 e. The van der Waals surface area contributed by atoms with Crippen LogP contribution < -0.4 is 9.47 Å². The Bertz CT molecular complexity index is 887. The number of hydrogen-bond donors (Lipinski definition) is 0. The largest absolute Gasteiger partial charge is 0.496 e. The van der Waals surface area contributed by atoms with Crippen molar-refractivity contribution in [2.45, 2.75) is 12.8 Å². The van der Waals surface area contributed by atoms with Crippen molar-refractivity contribution in [2.75, 3.05) is 14.2 Å². The molecule has 7 heteroatoms. The van der Waals surface area contributed by atoms with E-state index in [1.807, 2.05) is 0 Å². The highest BCUT2D eigenvalue weighted by molar-refractivity contribution is 9.10. The van der Waals surface area contributed by atoms with Gasteiger partial charge in [0, 0.05) is 11.6 Å². The van der Waals surface area contributed by atoms with Crippen molar-refractivity contribution in [3.05, 3.63) is 34.3 Å². The summed E-state index contributed by atoms with van der Waals surface area (Å²) in [5.74, 6) is 0.767. The second-order valence-electron chi connectivity index (χ2n) is 7.68. The number of rotatable bonds is 4. The second kappa shape index (κ2) is 5.67. The van der Waals surface area contributed by atoms with Crippen LogP contribution in [0.4, 0.5) is 0 Å². The van der Waals surface area contributed by atoms with Gasteiger partial charge in [0.15, 0.2) is 0 Å². The number of amides is 2. The minimum atomic E-state index is -0.239. The number of methoxy groups -OCH3 is 2. The summed E-state index contributed by atoms with van der Waals surface area (Å²) in [6.07, 6.45) is 8.07. The third-order valence-electron chi connectivity index (χ3n) is 6.65. The van der Waals surface area contributed by atoms with Crippen LogP contribution in [0.1, 0.15) is 18.4 Å². The average Bonchev–Trinajstić information content (AvgIpc) is 3.27. The molecular weight excluding hydrogens is 412 g/mol. The number of halogens is 1. The van der Waals surface area contributed by atoms with Crippen LogP contribution in [0, 0.1) is 29.1 Å². The number of imide groups is 1. The monoisotopic (exact) mass is 430 g/mol.